The van der Waals surface area contributed by atoms with E-state index in [1.807, 2.05) is 24.0 Å². The monoisotopic (exact) mass is 276 g/mol. The number of rotatable bonds is 3. The van der Waals surface area contributed by atoms with Crippen LogP contribution in [0.25, 0.3) is 0 Å². The van der Waals surface area contributed by atoms with Crippen molar-refractivity contribution in [3.05, 3.63) is 23.9 Å². The molecule has 1 saturated heterocycles. The van der Waals surface area contributed by atoms with Crippen molar-refractivity contribution in [2.45, 2.75) is 26.3 Å². The molecule has 1 aromatic heterocycles. The summed E-state index contributed by atoms with van der Waals surface area (Å²) >= 11 is 0. The summed E-state index contributed by atoms with van der Waals surface area (Å²) < 4.78 is 0. The molecule has 5 nitrogen and oxygen atoms in total. The SMILES string of the molecule is CCNc1ccc(C(=O)N2CCCN(C)CC2C)cn1. The largest absolute Gasteiger partial charge is 0.370 e. The highest BCUT2D eigenvalue weighted by Crippen LogP contribution is 2.14. The first-order valence-corrected chi connectivity index (χ1v) is 7.31. The second kappa shape index (κ2) is 6.70. The Hall–Kier alpha value is -1.62. The van der Waals surface area contributed by atoms with Gasteiger partial charge >= 0.3 is 0 Å². The van der Waals surface area contributed by atoms with Crippen LogP contribution in [0.3, 0.4) is 0 Å². The second-order valence-corrected chi connectivity index (χ2v) is 5.43. The highest BCUT2D eigenvalue weighted by molar-refractivity contribution is 5.94. The van der Waals surface area contributed by atoms with Crippen LogP contribution in [0.4, 0.5) is 5.82 Å². The van der Waals surface area contributed by atoms with E-state index >= 15 is 0 Å². The molecule has 1 amide bonds. The molecule has 20 heavy (non-hydrogen) atoms. The summed E-state index contributed by atoms with van der Waals surface area (Å²) in [5.74, 6) is 0.899. The van der Waals surface area contributed by atoms with E-state index in [1.54, 1.807) is 6.20 Å². The van der Waals surface area contributed by atoms with Crippen molar-refractivity contribution in [3.8, 4) is 0 Å². The Kier molecular flexibility index (Phi) is 4.95. The van der Waals surface area contributed by atoms with Gasteiger partial charge in [0.05, 0.1) is 5.56 Å². The predicted octanol–water partition coefficient (Wildman–Crippen LogP) is 1.68. The van der Waals surface area contributed by atoms with Crippen LogP contribution >= 0.6 is 0 Å². The summed E-state index contributed by atoms with van der Waals surface area (Å²) in [5, 5.41) is 3.14. The number of hydrogen-bond donors (Lipinski definition) is 1. The van der Waals surface area contributed by atoms with Gasteiger partial charge < -0.3 is 15.1 Å². The van der Waals surface area contributed by atoms with Crippen LogP contribution in [-0.2, 0) is 0 Å². The van der Waals surface area contributed by atoms with Crippen molar-refractivity contribution in [2.24, 2.45) is 0 Å². The Morgan fingerprint density at radius 2 is 2.25 bits per heavy atom. The van der Waals surface area contributed by atoms with Crippen LogP contribution in [0.5, 0.6) is 0 Å². The summed E-state index contributed by atoms with van der Waals surface area (Å²) in [7, 11) is 2.11. The molecule has 1 N–H and O–H groups in total. The summed E-state index contributed by atoms with van der Waals surface area (Å²) in [6.07, 6.45) is 2.69. The number of likely N-dealkylation sites (N-methyl/N-ethyl adjacent to an activating group) is 1. The highest BCUT2D eigenvalue weighted by Gasteiger charge is 2.24. The fourth-order valence-corrected chi connectivity index (χ4v) is 2.65. The molecule has 2 rings (SSSR count). The minimum absolute atomic E-state index is 0.0864. The molecule has 0 radical (unpaired) electrons. The number of amides is 1. The molecule has 5 heteroatoms. The van der Waals surface area contributed by atoms with Gasteiger partial charge in [-0.25, -0.2) is 4.98 Å². The molecule has 0 saturated carbocycles. The Morgan fingerprint density at radius 1 is 1.45 bits per heavy atom. The zero-order valence-electron chi connectivity index (χ0n) is 12.6. The molecule has 1 fully saturated rings. The normalized spacial score (nSPS) is 20.6. The lowest BCUT2D eigenvalue weighted by molar-refractivity contribution is 0.0696. The maximum Gasteiger partial charge on any atom is 0.255 e. The molecule has 2 heterocycles. The molecular formula is C15H24N4O. The van der Waals surface area contributed by atoms with E-state index in [4.69, 9.17) is 0 Å². The first-order valence-electron chi connectivity index (χ1n) is 7.31. The summed E-state index contributed by atoms with van der Waals surface area (Å²) in [6.45, 7) is 7.76. The molecule has 0 spiro atoms. The first-order chi connectivity index (χ1) is 9.61. The predicted molar refractivity (Wildman–Crippen MR) is 81.0 cm³/mol. The quantitative estimate of drug-likeness (QED) is 0.912. The maximum atomic E-state index is 12.6. The van der Waals surface area contributed by atoms with Gasteiger partial charge in [0.15, 0.2) is 0 Å². The number of anilines is 1. The topological polar surface area (TPSA) is 48.5 Å². The van der Waals surface area contributed by atoms with Crippen molar-refractivity contribution in [1.29, 1.82) is 0 Å². The van der Waals surface area contributed by atoms with E-state index in [-0.39, 0.29) is 11.9 Å². The van der Waals surface area contributed by atoms with E-state index < -0.39 is 0 Å². The Balaban J connectivity index is 2.09. The number of hydrogen-bond acceptors (Lipinski definition) is 4. The van der Waals surface area contributed by atoms with Gasteiger partial charge in [-0.2, -0.15) is 0 Å². The van der Waals surface area contributed by atoms with Crippen LogP contribution in [0, 0.1) is 0 Å². The van der Waals surface area contributed by atoms with Crippen LogP contribution in [-0.4, -0.2) is 60.0 Å². The average Bonchev–Trinajstić information content (AvgIpc) is 2.60. The lowest BCUT2D eigenvalue weighted by Crippen LogP contribution is -2.42. The maximum absolute atomic E-state index is 12.6. The minimum Gasteiger partial charge on any atom is -0.370 e. The number of nitrogens with zero attached hydrogens (tertiary/aromatic N) is 3. The zero-order chi connectivity index (χ0) is 14.5. The van der Waals surface area contributed by atoms with Crippen LogP contribution < -0.4 is 5.32 Å². The van der Waals surface area contributed by atoms with Gasteiger partial charge in [0.25, 0.3) is 5.91 Å². The Labute approximate surface area is 121 Å². The average molecular weight is 276 g/mol. The van der Waals surface area contributed by atoms with Crippen molar-refractivity contribution in [3.63, 3.8) is 0 Å². The van der Waals surface area contributed by atoms with Gasteiger partial charge in [-0.05, 0) is 46.0 Å². The number of carbonyl (C=O) groups excluding carboxylic acids is 1. The molecule has 1 aromatic rings. The van der Waals surface area contributed by atoms with E-state index in [1.165, 1.54) is 0 Å². The lowest BCUT2D eigenvalue weighted by Gasteiger charge is -2.28. The second-order valence-electron chi connectivity index (χ2n) is 5.43. The van der Waals surface area contributed by atoms with E-state index in [0.717, 1.165) is 38.4 Å². The van der Waals surface area contributed by atoms with Gasteiger partial charge in [-0.15, -0.1) is 0 Å². The molecule has 0 bridgehead atoms. The molecule has 0 aliphatic carbocycles. The van der Waals surface area contributed by atoms with Crippen molar-refractivity contribution in [2.75, 3.05) is 38.5 Å². The van der Waals surface area contributed by atoms with Gasteiger partial charge in [-0.1, -0.05) is 0 Å². The number of aromatic nitrogens is 1. The molecule has 110 valence electrons. The smallest absolute Gasteiger partial charge is 0.255 e. The zero-order valence-corrected chi connectivity index (χ0v) is 12.6. The van der Waals surface area contributed by atoms with Crippen molar-refractivity contribution in [1.82, 2.24) is 14.8 Å². The first kappa shape index (κ1) is 14.8. The van der Waals surface area contributed by atoms with E-state index in [0.29, 0.717) is 5.56 Å². The Bertz CT molecular complexity index is 446. The third-order valence-corrected chi connectivity index (χ3v) is 3.68. The number of pyridine rings is 1. The van der Waals surface area contributed by atoms with Crippen LogP contribution in [0.2, 0.25) is 0 Å². The number of carbonyl (C=O) groups is 1. The summed E-state index contributed by atoms with van der Waals surface area (Å²) in [6, 6.07) is 3.96. The fraction of sp³-hybridized carbons (Fsp3) is 0.600. The standard InChI is InChI=1S/C15H24N4O/c1-4-16-14-7-6-13(10-17-14)15(20)19-9-5-8-18(3)11-12(19)2/h6-7,10,12H,4-5,8-9,11H2,1-3H3,(H,16,17). The van der Waals surface area contributed by atoms with Crippen molar-refractivity contribution < 1.29 is 4.79 Å². The van der Waals surface area contributed by atoms with E-state index in [2.05, 4.69) is 29.2 Å². The number of nitrogens with one attached hydrogen (secondary N) is 1. The summed E-state index contributed by atoms with van der Waals surface area (Å²) in [5.41, 5.74) is 0.669. The van der Waals surface area contributed by atoms with Crippen LogP contribution in [0.15, 0.2) is 18.3 Å². The molecule has 0 aromatic carbocycles. The van der Waals surface area contributed by atoms with Gasteiger partial charge in [0, 0.05) is 31.9 Å². The lowest BCUT2D eigenvalue weighted by atomic mass is 10.2. The molecule has 1 aliphatic heterocycles. The highest BCUT2D eigenvalue weighted by atomic mass is 16.2. The third kappa shape index (κ3) is 3.48. The third-order valence-electron chi connectivity index (χ3n) is 3.68. The van der Waals surface area contributed by atoms with Gasteiger partial charge in [0.2, 0.25) is 0 Å². The summed E-state index contributed by atoms with van der Waals surface area (Å²) in [4.78, 5) is 21.1. The van der Waals surface area contributed by atoms with Crippen molar-refractivity contribution >= 4 is 11.7 Å². The van der Waals surface area contributed by atoms with Crippen LogP contribution in [0.1, 0.15) is 30.6 Å². The molecule has 1 atom stereocenters. The molecule has 1 aliphatic rings. The minimum atomic E-state index is 0.0864. The molecular weight excluding hydrogens is 252 g/mol. The molecule has 1 unspecified atom stereocenters. The Morgan fingerprint density at radius 3 is 2.90 bits per heavy atom. The van der Waals surface area contributed by atoms with Gasteiger partial charge in [-0.3, -0.25) is 4.79 Å². The van der Waals surface area contributed by atoms with E-state index in [9.17, 15) is 4.79 Å². The van der Waals surface area contributed by atoms with Gasteiger partial charge in [0.1, 0.15) is 5.82 Å². The fourth-order valence-electron chi connectivity index (χ4n) is 2.65.